The molecule has 0 radical (unpaired) electrons. The lowest BCUT2D eigenvalue weighted by Crippen LogP contribution is -2.12. The van der Waals surface area contributed by atoms with Gasteiger partial charge in [-0.15, -0.1) is 0 Å². The van der Waals surface area contributed by atoms with Crippen LogP contribution in [0.2, 0.25) is 0 Å². The first-order valence-corrected chi connectivity index (χ1v) is 7.26. The van der Waals surface area contributed by atoms with Crippen LogP contribution in [0.25, 0.3) is 0 Å². The molecule has 0 spiro atoms. The summed E-state index contributed by atoms with van der Waals surface area (Å²) >= 11 is 3.31. The molecular weight excluding hydrogens is 352 g/mol. The van der Waals surface area contributed by atoms with Crippen LogP contribution < -0.4 is 5.32 Å². The van der Waals surface area contributed by atoms with E-state index >= 15 is 0 Å². The van der Waals surface area contributed by atoms with Crippen molar-refractivity contribution < 1.29 is 14.8 Å². The number of nitro benzene ring substituents is 1. The summed E-state index contributed by atoms with van der Waals surface area (Å²) in [4.78, 5) is 22.3. The maximum Gasteiger partial charge on any atom is 0.276 e. The summed E-state index contributed by atoms with van der Waals surface area (Å²) in [6.45, 7) is 0. The Morgan fingerprint density at radius 2 is 2.05 bits per heavy atom. The third-order valence-corrected chi connectivity index (χ3v) is 3.49. The lowest BCUT2D eigenvalue weighted by atomic mass is 10.1. The number of carbonyl (C=O) groups is 1. The van der Waals surface area contributed by atoms with Gasteiger partial charge in [0, 0.05) is 22.1 Å². The number of carbonyl (C=O) groups excluding carboxylic acids is 1. The van der Waals surface area contributed by atoms with Crippen LogP contribution in [-0.4, -0.2) is 15.9 Å². The third-order valence-electron chi connectivity index (χ3n) is 3.00. The van der Waals surface area contributed by atoms with Gasteiger partial charge in [0.05, 0.1) is 11.0 Å². The molecule has 0 heterocycles. The van der Waals surface area contributed by atoms with Crippen LogP contribution >= 0.6 is 15.9 Å². The Morgan fingerprint density at radius 1 is 1.27 bits per heavy atom. The average Bonchev–Trinajstić information content (AvgIpc) is 2.45. The zero-order valence-corrected chi connectivity index (χ0v) is 13.0. The standard InChI is InChI=1S/C15H13BrN2O4/c16-11-2-1-3-12(8-11)17-15(20)7-5-10-4-6-13(19)9-14(10)18(21)22/h1-4,6,8-9,19H,5,7H2,(H,17,20). The molecule has 2 rings (SSSR count). The summed E-state index contributed by atoms with van der Waals surface area (Å²) in [5.74, 6) is -0.408. The molecule has 0 aliphatic rings. The topological polar surface area (TPSA) is 92.5 Å². The van der Waals surface area contributed by atoms with Gasteiger partial charge in [-0.2, -0.15) is 0 Å². The van der Waals surface area contributed by atoms with E-state index in [-0.39, 0.29) is 30.2 Å². The zero-order valence-electron chi connectivity index (χ0n) is 11.5. The number of nitrogens with one attached hydrogen (secondary N) is 1. The van der Waals surface area contributed by atoms with E-state index in [4.69, 9.17) is 0 Å². The molecular formula is C15H13BrN2O4. The number of phenols is 1. The molecule has 0 atom stereocenters. The predicted octanol–water partition coefficient (Wildman–Crippen LogP) is 3.63. The molecule has 0 unspecified atom stereocenters. The van der Waals surface area contributed by atoms with Crippen molar-refractivity contribution in [1.29, 1.82) is 0 Å². The van der Waals surface area contributed by atoms with Gasteiger partial charge in [0.15, 0.2) is 0 Å². The van der Waals surface area contributed by atoms with E-state index in [1.165, 1.54) is 12.1 Å². The van der Waals surface area contributed by atoms with Crippen LogP contribution in [0.5, 0.6) is 5.75 Å². The Kier molecular flexibility index (Phi) is 5.11. The summed E-state index contributed by atoms with van der Waals surface area (Å²) in [5.41, 5.74) is 0.877. The van der Waals surface area contributed by atoms with Crippen molar-refractivity contribution in [2.45, 2.75) is 12.8 Å². The van der Waals surface area contributed by atoms with Gasteiger partial charge in [-0.1, -0.05) is 22.0 Å². The molecule has 0 aliphatic heterocycles. The van der Waals surface area contributed by atoms with E-state index in [9.17, 15) is 20.0 Å². The molecule has 0 bridgehead atoms. The molecule has 7 heteroatoms. The number of amides is 1. The fraction of sp³-hybridized carbons (Fsp3) is 0.133. The highest BCUT2D eigenvalue weighted by Gasteiger charge is 2.15. The first kappa shape index (κ1) is 16.0. The number of anilines is 1. The summed E-state index contributed by atoms with van der Waals surface area (Å²) < 4.78 is 0.847. The molecule has 1 amide bonds. The van der Waals surface area contributed by atoms with Crippen LogP contribution in [0.4, 0.5) is 11.4 Å². The van der Waals surface area contributed by atoms with E-state index in [0.717, 1.165) is 10.5 Å². The highest BCUT2D eigenvalue weighted by molar-refractivity contribution is 9.10. The Morgan fingerprint density at radius 3 is 2.73 bits per heavy atom. The highest BCUT2D eigenvalue weighted by Crippen LogP contribution is 2.25. The minimum Gasteiger partial charge on any atom is -0.508 e. The number of aromatic hydroxyl groups is 1. The number of halogens is 1. The Balaban J connectivity index is 2.01. The number of rotatable bonds is 5. The van der Waals surface area contributed by atoms with Gasteiger partial charge in [-0.3, -0.25) is 14.9 Å². The second kappa shape index (κ2) is 7.04. The first-order valence-electron chi connectivity index (χ1n) is 6.47. The highest BCUT2D eigenvalue weighted by atomic mass is 79.9. The molecule has 2 aromatic rings. The summed E-state index contributed by atoms with van der Waals surface area (Å²) in [5, 5.41) is 23.0. The Bertz CT molecular complexity index is 718. The molecule has 114 valence electrons. The largest absolute Gasteiger partial charge is 0.508 e. The van der Waals surface area contributed by atoms with Crippen LogP contribution in [0.15, 0.2) is 46.9 Å². The molecule has 2 N–H and O–H groups in total. The van der Waals surface area contributed by atoms with Crippen molar-refractivity contribution in [2.24, 2.45) is 0 Å². The number of benzene rings is 2. The van der Waals surface area contributed by atoms with Crippen molar-refractivity contribution in [3.05, 3.63) is 62.6 Å². The van der Waals surface area contributed by atoms with Gasteiger partial charge in [0.1, 0.15) is 5.75 Å². The fourth-order valence-corrected chi connectivity index (χ4v) is 2.37. The van der Waals surface area contributed by atoms with Gasteiger partial charge < -0.3 is 10.4 Å². The van der Waals surface area contributed by atoms with Crippen molar-refractivity contribution in [1.82, 2.24) is 0 Å². The fourth-order valence-electron chi connectivity index (χ4n) is 1.97. The van der Waals surface area contributed by atoms with Gasteiger partial charge >= 0.3 is 0 Å². The normalized spacial score (nSPS) is 10.2. The lowest BCUT2D eigenvalue weighted by molar-refractivity contribution is -0.385. The van der Waals surface area contributed by atoms with Gasteiger partial charge in [-0.25, -0.2) is 0 Å². The van der Waals surface area contributed by atoms with Crippen LogP contribution in [-0.2, 0) is 11.2 Å². The Hall–Kier alpha value is -2.41. The molecule has 22 heavy (non-hydrogen) atoms. The zero-order chi connectivity index (χ0) is 16.1. The van der Waals surface area contributed by atoms with E-state index in [1.54, 1.807) is 18.2 Å². The number of phenolic OH excluding ortho intramolecular Hbond substituents is 1. The summed E-state index contributed by atoms with van der Waals surface area (Å²) in [7, 11) is 0. The van der Waals surface area contributed by atoms with Crippen molar-refractivity contribution in [3.63, 3.8) is 0 Å². The van der Waals surface area contributed by atoms with Crippen molar-refractivity contribution in [3.8, 4) is 5.75 Å². The maximum absolute atomic E-state index is 11.9. The quantitative estimate of drug-likeness (QED) is 0.625. The predicted molar refractivity (Wildman–Crippen MR) is 85.9 cm³/mol. The lowest BCUT2D eigenvalue weighted by Gasteiger charge is -2.06. The smallest absolute Gasteiger partial charge is 0.276 e. The number of hydrogen-bond acceptors (Lipinski definition) is 4. The van der Waals surface area contributed by atoms with Crippen LogP contribution in [0.3, 0.4) is 0 Å². The van der Waals surface area contributed by atoms with Gasteiger partial charge in [0.2, 0.25) is 5.91 Å². The summed E-state index contributed by atoms with van der Waals surface area (Å²) in [6, 6.07) is 11.1. The second-order valence-corrected chi connectivity index (χ2v) is 5.54. The minimum atomic E-state index is -0.568. The average molecular weight is 365 g/mol. The molecule has 6 nitrogen and oxygen atoms in total. The minimum absolute atomic E-state index is 0.109. The molecule has 0 fully saturated rings. The molecule has 0 aromatic heterocycles. The van der Waals surface area contributed by atoms with Crippen molar-refractivity contribution >= 4 is 33.2 Å². The van der Waals surface area contributed by atoms with Crippen molar-refractivity contribution in [2.75, 3.05) is 5.32 Å². The molecule has 0 aliphatic carbocycles. The van der Waals surface area contributed by atoms with E-state index in [0.29, 0.717) is 11.3 Å². The number of nitro groups is 1. The molecule has 2 aromatic carbocycles. The van der Waals surface area contributed by atoms with E-state index in [1.807, 2.05) is 6.07 Å². The third kappa shape index (κ3) is 4.29. The SMILES string of the molecule is O=C(CCc1ccc(O)cc1[N+](=O)[O-])Nc1cccc(Br)c1. The van der Waals surface area contributed by atoms with E-state index < -0.39 is 4.92 Å². The van der Waals surface area contributed by atoms with E-state index in [2.05, 4.69) is 21.2 Å². The van der Waals surface area contributed by atoms with Gasteiger partial charge in [-0.05, 0) is 36.8 Å². The second-order valence-electron chi connectivity index (χ2n) is 4.63. The number of hydrogen-bond donors (Lipinski definition) is 2. The monoisotopic (exact) mass is 364 g/mol. The molecule has 0 saturated heterocycles. The Labute approximate surface area is 135 Å². The summed E-state index contributed by atoms with van der Waals surface area (Å²) in [6.07, 6.45) is 0.328. The maximum atomic E-state index is 11.9. The first-order chi connectivity index (χ1) is 10.5. The van der Waals surface area contributed by atoms with Crippen LogP contribution in [0, 0.1) is 10.1 Å². The number of aryl methyl sites for hydroxylation is 1. The molecule has 0 saturated carbocycles. The van der Waals surface area contributed by atoms with Crippen LogP contribution in [0.1, 0.15) is 12.0 Å². The number of nitrogens with zero attached hydrogens (tertiary/aromatic N) is 1. The van der Waals surface area contributed by atoms with Gasteiger partial charge in [0.25, 0.3) is 5.69 Å².